The molecule has 1 saturated heterocycles. The Balaban J connectivity index is 1.25. The third-order valence-electron chi connectivity index (χ3n) is 6.82. The number of rotatable bonds is 3. The maximum Gasteiger partial charge on any atom is 0.256 e. The average Bonchev–Trinajstić information content (AvgIpc) is 3.36. The first-order valence-corrected chi connectivity index (χ1v) is 11.7. The highest BCUT2D eigenvalue weighted by molar-refractivity contribution is 6.11. The van der Waals surface area contributed by atoms with Gasteiger partial charge in [-0.1, -0.05) is 42.5 Å². The molecule has 2 N–H and O–H groups in total. The highest BCUT2D eigenvalue weighted by atomic mass is 16.7. The van der Waals surface area contributed by atoms with Crippen LogP contribution >= 0.6 is 0 Å². The first-order valence-electron chi connectivity index (χ1n) is 11.7. The van der Waals surface area contributed by atoms with E-state index in [1.54, 1.807) is 42.5 Å². The van der Waals surface area contributed by atoms with Gasteiger partial charge in [0.2, 0.25) is 12.7 Å². The SMILES string of the molecule is O=C1Nc2ccc(-c3ccc4c(c3)OCO4)cc2C(=O)N2CCN(C(=O)C(O)c3ccccc3)CC12. The van der Waals surface area contributed by atoms with Crippen LogP contribution in [-0.4, -0.2) is 65.1 Å². The number of ether oxygens (including phenoxy) is 2. The molecule has 3 aromatic rings. The summed E-state index contributed by atoms with van der Waals surface area (Å²) in [6.45, 7) is 0.572. The number of benzene rings is 3. The van der Waals surface area contributed by atoms with Crippen LogP contribution in [0.1, 0.15) is 22.0 Å². The summed E-state index contributed by atoms with van der Waals surface area (Å²) in [6.07, 6.45) is -1.33. The smallest absolute Gasteiger partial charge is 0.256 e. The molecule has 2 unspecified atom stereocenters. The third-order valence-corrected chi connectivity index (χ3v) is 6.82. The molecular weight excluding hydrogens is 462 g/mol. The van der Waals surface area contributed by atoms with Crippen molar-refractivity contribution in [2.75, 3.05) is 31.7 Å². The number of aliphatic hydroxyl groups is 1. The number of nitrogens with zero attached hydrogens (tertiary/aromatic N) is 2. The minimum Gasteiger partial charge on any atom is -0.454 e. The zero-order valence-corrected chi connectivity index (χ0v) is 19.2. The molecule has 36 heavy (non-hydrogen) atoms. The Morgan fingerprint density at radius 2 is 1.69 bits per heavy atom. The fourth-order valence-corrected chi connectivity index (χ4v) is 4.86. The second-order valence-corrected chi connectivity index (χ2v) is 8.93. The number of hydrogen-bond acceptors (Lipinski definition) is 6. The van der Waals surface area contributed by atoms with E-state index in [0.717, 1.165) is 11.1 Å². The van der Waals surface area contributed by atoms with E-state index in [1.807, 2.05) is 24.3 Å². The fourth-order valence-electron chi connectivity index (χ4n) is 4.86. The quantitative estimate of drug-likeness (QED) is 0.590. The van der Waals surface area contributed by atoms with E-state index in [-0.39, 0.29) is 38.2 Å². The molecule has 0 aliphatic carbocycles. The van der Waals surface area contributed by atoms with E-state index in [9.17, 15) is 19.5 Å². The Labute approximate surface area is 206 Å². The van der Waals surface area contributed by atoms with Gasteiger partial charge in [0.1, 0.15) is 6.04 Å². The first kappa shape index (κ1) is 22.1. The monoisotopic (exact) mass is 485 g/mol. The van der Waals surface area contributed by atoms with Crippen molar-refractivity contribution in [2.24, 2.45) is 0 Å². The van der Waals surface area contributed by atoms with Crippen LogP contribution in [0.4, 0.5) is 5.69 Å². The fraction of sp³-hybridized carbons (Fsp3) is 0.222. The van der Waals surface area contributed by atoms with E-state index in [2.05, 4.69) is 5.32 Å². The molecule has 6 rings (SSSR count). The van der Waals surface area contributed by atoms with Crippen LogP contribution in [-0.2, 0) is 9.59 Å². The lowest BCUT2D eigenvalue weighted by Crippen LogP contribution is -2.60. The average molecular weight is 485 g/mol. The number of carbonyl (C=O) groups is 3. The minimum atomic E-state index is -1.33. The highest BCUT2D eigenvalue weighted by Crippen LogP contribution is 2.37. The molecule has 0 spiro atoms. The van der Waals surface area contributed by atoms with E-state index in [0.29, 0.717) is 28.3 Å². The van der Waals surface area contributed by atoms with Gasteiger partial charge in [0.25, 0.3) is 11.8 Å². The standard InChI is InChI=1S/C27H23N3O6/c31-24(16-4-2-1-3-5-16)27(34)29-10-11-30-21(14-29)25(32)28-20-8-6-17(12-19(20)26(30)33)18-7-9-22-23(13-18)36-15-35-22/h1-9,12-13,21,24,31H,10-11,14-15H2,(H,28,32). The van der Waals surface area contributed by atoms with Crippen molar-refractivity contribution < 1.29 is 29.0 Å². The topological polar surface area (TPSA) is 108 Å². The van der Waals surface area contributed by atoms with Gasteiger partial charge >= 0.3 is 0 Å². The van der Waals surface area contributed by atoms with Gasteiger partial charge in [-0.25, -0.2) is 0 Å². The number of hydrogen-bond donors (Lipinski definition) is 2. The van der Waals surface area contributed by atoms with Crippen molar-refractivity contribution in [2.45, 2.75) is 12.1 Å². The van der Waals surface area contributed by atoms with Crippen molar-refractivity contribution >= 4 is 23.4 Å². The van der Waals surface area contributed by atoms with Crippen molar-refractivity contribution in [1.82, 2.24) is 9.80 Å². The Kier molecular flexibility index (Phi) is 5.34. The number of piperazine rings is 1. The van der Waals surface area contributed by atoms with Crippen molar-refractivity contribution in [3.63, 3.8) is 0 Å². The Morgan fingerprint density at radius 1 is 0.944 bits per heavy atom. The third kappa shape index (κ3) is 3.74. The molecule has 182 valence electrons. The molecule has 3 aromatic carbocycles. The van der Waals surface area contributed by atoms with Crippen LogP contribution < -0.4 is 14.8 Å². The first-order chi connectivity index (χ1) is 17.5. The van der Waals surface area contributed by atoms with Crippen molar-refractivity contribution in [1.29, 1.82) is 0 Å². The molecule has 0 bridgehead atoms. The molecule has 0 aromatic heterocycles. The molecular formula is C27H23N3O6. The number of anilines is 1. The van der Waals surface area contributed by atoms with Crippen molar-refractivity contribution in [3.8, 4) is 22.6 Å². The van der Waals surface area contributed by atoms with Gasteiger partial charge in [-0.3, -0.25) is 14.4 Å². The van der Waals surface area contributed by atoms with Gasteiger partial charge < -0.3 is 29.7 Å². The van der Waals surface area contributed by atoms with Gasteiger partial charge in [-0.2, -0.15) is 0 Å². The van der Waals surface area contributed by atoms with Crippen LogP contribution in [0.5, 0.6) is 11.5 Å². The molecule has 9 heteroatoms. The maximum absolute atomic E-state index is 13.6. The summed E-state index contributed by atoms with van der Waals surface area (Å²) < 4.78 is 10.8. The van der Waals surface area contributed by atoms with Crippen LogP contribution in [0, 0.1) is 0 Å². The molecule has 3 heterocycles. The number of aliphatic hydroxyl groups excluding tert-OH is 1. The maximum atomic E-state index is 13.6. The second kappa shape index (κ2) is 8.69. The second-order valence-electron chi connectivity index (χ2n) is 8.93. The van der Waals surface area contributed by atoms with Crippen LogP contribution in [0.3, 0.4) is 0 Å². The van der Waals surface area contributed by atoms with Crippen molar-refractivity contribution in [3.05, 3.63) is 77.9 Å². The van der Waals surface area contributed by atoms with E-state index in [1.165, 1.54) is 9.80 Å². The summed E-state index contributed by atoms with van der Waals surface area (Å²) in [5, 5.41) is 13.4. The zero-order chi connectivity index (χ0) is 24.8. The summed E-state index contributed by atoms with van der Waals surface area (Å²) in [5.41, 5.74) is 2.94. The Morgan fingerprint density at radius 3 is 2.53 bits per heavy atom. The molecule has 3 amide bonds. The molecule has 3 aliphatic heterocycles. The van der Waals surface area contributed by atoms with Crippen LogP contribution in [0.25, 0.3) is 11.1 Å². The van der Waals surface area contributed by atoms with E-state index >= 15 is 0 Å². The number of nitrogens with one attached hydrogen (secondary N) is 1. The van der Waals surface area contributed by atoms with Crippen LogP contribution in [0.15, 0.2) is 66.7 Å². The van der Waals surface area contributed by atoms with Gasteiger partial charge in [0, 0.05) is 13.1 Å². The highest BCUT2D eigenvalue weighted by Gasteiger charge is 2.41. The molecule has 0 radical (unpaired) electrons. The van der Waals surface area contributed by atoms with Crippen LogP contribution in [0.2, 0.25) is 0 Å². The van der Waals surface area contributed by atoms with Gasteiger partial charge in [0.15, 0.2) is 17.6 Å². The number of amides is 3. The lowest BCUT2D eigenvalue weighted by atomic mass is 10.0. The summed E-state index contributed by atoms with van der Waals surface area (Å²) >= 11 is 0. The van der Waals surface area contributed by atoms with E-state index < -0.39 is 18.1 Å². The number of carbonyl (C=O) groups excluding carboxylic acids is 3. The Hall–Kier alpha value is -4.37. The molecule has 2 atom stereocenters. The predicted octanol–water partition coefficient (Wildman–Crippen LogP) is 2.42. The molecule has 3 aliphatic rings. The number of fused-ring (bicyclic) bond motifs is 3. The Bertz CT molecular complexity index is 1380. The van der Waals surface area contributed by atoms with Gasteiger partial charge in [0.05, 0.1) is 17.8 Å². The molecule has 9 nitrogen and oxygen atoms in total. The lowest BCUT2D eigenvalue weighted by Gasteiger charge is -2.40. The minimum absolute atomic E-state index is 0.00328. The van der Waals surface area contributed by atoms with E-state index in [4.69, 9.17) is 9.47 Å². The summed E-state index contributed by atoms with van der Waals surface area (Å²) in [5.74, 6) is 0.161. The zero-order valence-electron chi connectivity index (χ0n) is 19.2. The van der Waals surface area contributed by atoms with Gasteiger partial charge in [-0.15, -0.1) is 0 Å². The predicted molar refractivity (Wildman–Crippen MR) is 129 cm³/mol. The van der Waals surface area contributed by atoms with Gasteiger partial charge in [-0.05, 0) is 41.0 Å². The molecule has 0 saturated carbocycles. The summed E-state index contributed by atoms with van der Waals surface area (Å²) in [7, 11) is 0. The normalized spacial score (nSPS) is 19.2. The summed E-state index contributed by atoms with van der Waals surface area (Å²) in [6, 6.07) is 18.7. The molecule has 1 fully saturated rings. The summed E-state index contributed by atoms with van der Waals surface area (Å²) in [4.78, 5) is 42.6. The lowest BCUT2D eigenvalue weighted by molar-refractivity contribution is -0.144. The largest absolute Gasteiger partial charge is 0.454 e.